The Bertz CT molecular complexity index is 1040. The molecular formula is C20H15I2NO6S. The van der Waals surface area contributed by atoms with Gasteiger partial charge in [-0.3, -0.25) is 14.5 Å². The van der Waals surface area contributed by atoms with Crippen molar-refractivity contribution in [3.8, 4) is 11.5 Å². The molecule has 1 aliphatic rings. The maximum atomic E-state index is 12.8. The maximum Gasteiger partial charge on any atom is 0.341 e. The number of amides is 2. The van der Waals surface area contributed by atoms with Gasteiger partial charge in [0.2, 0.25) is 0 Å². The van der Waals surface area contributed by atoms with Crippen molar-refractivity contribution in [2.45, 2.75) is 6.54 Å². The fourth-order valence-electron chi connectivity index (χ4n) is 2.66. The van der Waals surface area contributed by atoms with Gasteiger partial charge in [0.1, 0.15) is 0 Å². The molecule has 1 heterocycles. The first-order valence-electron chi connectivity index (χ1n) is 8.50. The van der Waals surface area contributed by atoms with Crippen LogP contribution >= 0.6 is 56.9 Å². The monoisotopic (exact) mass is 651 g/mol. The Kier molecular flexibility index (Phi) is 7.63. The SMILES string of the molecule is COc1cc(/C=C2\SC(=O)N(Cc3ccc(I)cc3)C2=O)cc(I)c1OCC(=O)O. The molecule has 2 amide bonds. The lowest BCUT2D eigenvalue weighted by Crippen LogP contribution is -2.27. The summed E-state index contributed by atoms with van der Waals surface area (Å²) in [6, 6.07) is 11.0. The number of carbonyl (C=O) groups is 3. The van der Waals surface area contributed by atoms with Crippen LogP contribution in [0.5, 0.6) is 11.5 Å². The highest BCUT2D eigenvalue weighted by Crippen LogP contribution is 2.37. The van der Waals surface area contributed by atoms with Crippen LogP contribution in [0.25, 0.3) is 6.08 Å². The van der Waals surface area contributed by atoms with Gasteiger partial charge in [-0.05, 0) is 98.4 Å². The van der Waals surface area contributed by atoms with E-state index in [1.807, 2.05) is 46.9 Å². The molecule has 0 unspecified atom stereocenters. The summed E-state index contributed by atoms with van der Waals surface area (Å²) in [5, 5.41) is 8.49. The van der Waals surface area contributed by atoms with Crippen LogP contribution in [0.3, 0.4) is 0 Å². The third-order valence-corrected chi connectivity index (χ3v) is 6.44. The first-order valence-corrected chi connectivity index (χ1v) is 11.5. The number of imide groups is 1. The highest BCUT2D eigenvalue weighted by molar-refractivity contribution is 14.1. The van der Waals surface area contributed by atoms with Crippen LogP contribution < -0.4 is 9.47 Å². The normalized spacial score (nSPS) is 15.0. The summed E-state index contributed by atoms with van der Waals surface area (Å²) >= 11 is 5.08. The van der Waals surface area contributed by atoms with Gasteiger partial charge in [-0.2, -0.15) is 0 Å². The number of methoxy groups -OCH3 is 1. The molecule has 2 aromatic carbocycles. The van der Waals surface area contributed by atoms with Crippen molar-refractivity contribution in [3.05, 3.63) is 59.6 Å². The summed E-state index contributed by atoms with van der Waals surface area (Å²) in [4.78, 5) is 37.4. The third-order valence-electron chi connectivity index (χ3n) is 4.02. The number of benzene rings is 2. The molecule has 30 heavy (non-hydrogen) atoms. The Morgan fingerprint density at radius 3 is 2.53 bits per heavy atom. The molecule has 7 nitrogen and oxygen atoms in total. The minimum atomic E-state index is -1.10. The predicted molar refractivity (Wildman–Crippen MR) is 130 cm³/mol. The Labute approximate surface area is 204 Å². The molecular weight excluding hydrogens is 636 g/mol. The highest BCUT2D eigenvalue weighted by Gasteiger charge is 2.35. The van der Waals surface area contributed by atoms with Crippen molar-refractivity contribution in [3.63, 3.8) is 0 Å². The van der Waals surface area contributed by atoms with Gasteiger partial charge in [0, 0.05) is 3.57 Å². The smallest absolute Gasteiger partial charge is 0.341 e. The summed E-state index contributed by atoms with van der Waals surface area (Å²) in [5.41, 5.74) is 1.51. The average Bonchev–Trinajstić information content (AvgIpc) is 2.95. The van der Waals surface area contributed by atoms with E-state index in [-0.39, 0.29) is 17.7 Å². The number of aliphatic carboxylic acids is 1. The van der Waals surface area contributed by atoms with Crippen LogP contribution in [0.1, 0.15) is 11.1 Å². The first kappa shape index (κ1) is 22.9. The molecule has 0 aromatic heterocycles. The first-order chi connectivity index (χ1) is 14.3. The molecule has 0 spiro atoms. The predicted octanol–water partition coefficient (Wildman–Crippen LogP) is 4.60. The highest BCUT2D eigenvalue weighted by atomic mass is 127. The number of hydrogen-bond donors (Lipinski definition) is 1. The van der Waals surface area contributed by atoms with Crippen LogP contribution in [0.15, 0.2) is 41.3 Å². The summed E-state index contributed by atoms with van der Waals surface area (Å²) in [7, 11) is 1.44. The maximum absolute atomic E-state index is 12.8. The molecule has 10 heteroatoms. The van der Waals surface area contributed by atoms with Crippen molar-refractivity contribution >= 4 is 80.1 Å². The van der Waals surface area contributed by atoms with Crippen molar-refractivity contribution in [2.75, 3.05) is 13.7 Å². The van der Waals surface area contributed by atoms with Crippen molar-refractivity contribution in [1.29, 1.82) is 0 Å². The van der Waals surface area contributed by atoms with Crippen molar-refractivity contribution < 1.29 is 29.0 Å². The molecule has 156 valence electrons. The molecule has 1 N–H and O–H groups in total. The van der Waals surface area contributed by atoms with E-state index in [2.05, 4.69) is 22.6 Å². The zero-order valence-electron chi connectivity index (χ0n) is 15.6. The Balaban J connectivity index is 1.83. The molecule has 0 bridgehead atoms. The number of halogens is 2. The summed E-state index contributed by atoms with van der Waals surface area (Å²) in [6.45, 7) is -0.287. The lowest BCUT2D eigenvalue weighted by Gasteiger charge is -2.13. The largest absolute Gasteiger partial charge is 0.493 e. The Morgan fingerprint density at radius 1 is 1.20 bits per heavy atom. The Morgan fingerprint density at radius 2 is 1.90 bits per heavy atom. The van der Waals surface area contributed by atoms with Gasteiger partial charge < -0.3 is 14.6 Å². The van der Waals surface area contributed by atoms with E-state index in [1.54, 1.807) is 18.2 Å². The van der Waals surface area contributed by atoms with Crippen LogP contribution in [-0.4, -0.2) is 40.8 Å². The minimum Gasteiger partial charge on any atom is -0.493 e. The number of rotatable bonds is 7. The van der Waals surface area contributed by atoms with E-state index in [0.717, 1.165) is 20.9 Å². The summed E-state index contributed by atoms with van der Waals surface area (Å²) in [6.07, 6.45) is 1.62. The number of carbonyl (C=O) groups excluding carboxylic acids is 2. The zero-order chi connectivity index (χ0) is 21.8. The van der Waals surface area contributed by atoms with E-state index >= 15 is 0 Å². The number of carboxylic acids is 1. The van der Waals surface area contributed by atoms with E-state index in [9.17, 15) is 14.4 Å². The number of carboxylic acid groups (broad SMARTS) is 1. The Hall–Kier alpha value is -1.80. The van der Waals surface area contributed by atoms with Gasteiger partial charge in [0.25, 0.3) is 11.1 Å². The molecule has 2 aromatic rings. The topological polar surface area (TPSA) is 93.1 Å². The van der Waals surface area contributed by atoms with Gasteiger partial charge in [0.15, 0.2) is 18.1 Å². The van der Waals surface area contributed by atoms with E-state index < -0.39 is 12.6 Å². The molecule has 1 fully saturated rings. The summed E-state index contributed by atoms with van der Waals surface area (Å²) in [5.74, 6) is -0.806. The lowest BCUT2D eigenvalue weighted by atomic mass is 10.1. The fourth-order valence-corrected chi connectivity index (χ4v) is 4.64. The molecule has 0 saturated carbocycles. The van der Waals surface area contributed by atoms with Crippen LogP contribution in [0, 0.1) is 7.14 Å². The van der Waals surface area contributed by atoms with Gasteiger partial charge in [-0.15, -0.1) is 0 Å². The van der Waals surface area contributed by atoms with Gasteiger partial charge >= 0.3 is 5.97 Å². The molecule has 1 aliphatic heterocycles. The molecule has 3 rings (SSSR count). The van der Waals surface area contributed by atoms with Crippen molar-refractivity contribution in [1.82, 2.24) is 4.90 Å². The number of ether oxygens (including phenoxy) is 2. The number of thioether (sulfide) groups is 1. The quantitative estimate of drug-likeness (QED) is 0.346. The standard InChI is InChI=1S/C20H15I2NO6S/c1-28-15-7-12(6-14(22)18(15)29-10-17(24)25)8-16-19(26)23(20(27)30-16)9-11-2-4-13(21)5-3-11/h2-8H,9-10H2,1H3,(H,24,25)/b16-8-. The van der Waals surface area contributed by atoms with E-state index in [1.165, 1.54) is 12.0 Å². The zero-order valence-corrected chi connectivity index (χ0v) is 20.7. The lowest BCUT2D eigenvalue weighted by molar-refractivity contribution is -0.139. The molecule has 1 saturated heterocycles. The fraction of sp³-hybridized carbons (Fsp3) is 0.150. The summed E-state index contributed by atoms with van der Waals surface area (Å²) < 4.78 is 12.3. The van der Waals surface area contributed by atoms with Crippen LogP contribution in [0.4, 0.5) is 4.79 Å². The van der Waals surface area contributed by atoms with Crippen molar-refractivity contribution in [2.24, 2.45) is 0 Å². The second kappa shape index (κ2) is 10.0. The van der Waals surface area contributed by atoms with Gasteiger partial charge in [0.05, 0.1) is 22.1 Å². The van der Waals surface area contributed by atoms with E-state index in [4.69, 9.17) is 14.6 Å². The third kappa shape index (κ3) is 5.46. The number of hydrogen-bond acceptors (Lipinski definition) is 6. The average molecular weight is 651 g/mol. The van der Waals surface area contributed by atoms with Gasteiger partial charge in [-0.1, -0.05) is 12.1 Å². The van der Waals surface area contributed by atoms with Crippen LogP contribution in [0.2, 0.25) is 0 Å². The molecule has 0 aliphatic carbocycles. The van der Waals surface area contributed by atoms with E-state index in [0.29, 0.717) is 25.5 Å². The second-order valence-corrected chi connectivity index (χ2v) is 9.51. The minimum absolute atomic E-state index is 0.210. The van der Waals surface area contributed by atoms with Crippen LogP contribution in [-0.2, 0) is 16.1 Å². The molecule has 0 atom stereocenters. The van der Waals surface area contributed by atoms with Gasteiger partial charge in [-0.25, -0.2) is 4.79 Å². The molecule has 0 radical (unpaired) electrons. The second-order valence-electron chi connectivity index (χ2n) is 6.11. The number of nitrogens with zero attached hydrogens (tertiary/aromatic N) is 1.